The lowest BCUT2D eigenvalue weighted by Gasteiger charge is -2.03. The molecule has 0 bridgehead atoms. The third-order valence-electron chi connectivity index (χ3n) is 2.70. The second-order valence-corrected chi connectivity index (χ2v) is 5.07. The Bertz CT molecular complexity index is 629. The van der Waals surface area contributed by atoms with Crippen molar-refractivity contribution in [2.75, 3.05) is 0 Å². The molecule has 0 radical (unpaired) electrons. The summed E-state index contributed by atoms with van der Waals surface area (Å²) in [6.45, 7) is 0. The van der Waals surface area contributed by atoms with Crippen LogP contribution in [0.2, 0.25) is 0 Å². The van der Waals surface area contributed by atoms with Crippen molar-refractivity contribution in [1.29, 1.82) is 0 Å². The van der Waals surface area contributed by atoms with Crippen molar-refractivity contribution in [3.63, 3.8) is 0 Å². The van der Waals surface area contributed by atoms with Crippen LogP contribution < -0.4 is 0 Å². The van der Waals surface area contributed by atoms with E-state index in [1.165, 1.54) is 20.6 Å². The van der Waals surface area contributed by atoms with Crippen molar-refractivity contribution in [3.8, 4) is 0 Å². The van der Waals surface area contributed by atoms with E-state index in [0.29, 0.717) is 0 Å². The van der Waals surface area contributed by atoms with E-state index in [4.69, 9.17) is 0 Å². The zero-order chi connectivity index (χ0) is 11.5. The molecule has 0 fully saturated rings. The normalized spacial score (nSPS) is 10.6. The van der Waals surface area contributed by atoms with E-state index in [-0.39, 0.29) is 0 Å². The molecule has 0 aromatic heterocycles. The first-order valence-corrected chi connectivity index (χ1v) is 6.45. The molecule has 0 atom stereocenters. The van der Waals surface area contributed by atoms with Crippen LogP contribution in [-0.4, -0.2) is 0 Å². The number of hydrogen-bond donors (Lipinski definition) is 0. The Balaban J connectivity index is 1.96. The molecule has 0 aliphatic heterocycles. The second-order valence-electron chi connectivity index (χ2n) is 3.92. The Hall–Kier alpha value is -1.73. The fourth-order valence-corrected chi connectivity index (χ4v) is 2.74. The van der Waals surface area contributed by atoms with Gasteiger partial charge in [0.15, 0.2) is 0 Å². The molecule has 3 aromatic carbocycles. The molecular weight excluding hydrogens is 224 g/mol. The summed E-state index contributed by atoms with van der Waals surface area (Å²) >= 11 is 1.80. The Labute approximate surface area is 105 Å². The van der Waals surface area contributed by atoms with E-state index in [0.717, 1.165) is 0 Å². The van der Waals surface area contributed by atoms with Crippen molar-refractivity contribution in [2.45, 2.75) is 9.79 Å². The van der Waals surface area contributed by atoms with Crippen LogP contribution in [0.4, 0.5) is 0 Å². The number of rotatable bonds is 2. The molecule has 3 rings (SSSR count). The first kappa shape index (κ1) is 10.4. The average Bonchev–Trinajstić information content (AvgIpc) is 2.40. The van der Waals surface area contributed by atoms with Gasteiger partial charge >= 0.3 is 0 Å². The van der Waals surface area contributed by atoms with Gasteiger partial charge in [0.25, 0.3) is 0 Å². The number of fused-ring (bicyclic) bond motifs is 1. The quantitative estimate of drug-likeness (QED) is 0.604. The summed E-state index contributed by atoms with van der Waals surface area (Å²) in [6.07, 6.45) is 0. The minimum atomic E-state index is 1.28. The molecule has 1 heteroatoms. The van der Waals surface area contributed by atoms with Crippen molar-refractivity contribution in [3.05, 3.63) is 72.8 Å². The third kappa shape index (κ3) is 2.34. The zero-order valence-electron chi connectivity index (χ0n) is 9.34. The molecule has 0 amide bonds. The second kappa shape index (κ2) is 4.64. The molecule has 0 nitrogen and oxygen atoms in total. The largest absolute Gasteiger partial charge is 0.0901 e. The molecule has 82 valence electrons. The molecule has 0 aliphatic carbocycles. The van der Waals surface area contributed by atoms with Crippen molar-refractivity contribution >= 4 is 22.5 Å². The van der Waals surface area contributed by atoms with Gasteiger partial charge in [0.1, 0.15) is 0 Å². The minimum absolute atomic E-state index is 1.28. The van der Waals surface area contributed by atoms with Gasteiger partial charge in [-0.3, -0.25) is 0 Å². The third-order valence-corrected chi connectivity index (χ3v) is 3.70. The van der Waals surface area contributed by atoms with Gasteiger partial charge in [-0.05, 0) is 35.0 Å². The van der Waals surface area contributed by atoms with E-state index < -0.39 is 0 Å². The lowest BCUT2D eigenvalue weighted by Crippen LogP contribution is -1.75. The summed E-state index contributed by atoms with van der Waals surface area (Å²) in [4.78, 5) is 2.57. The fourth-order valence-electron chi connectivity index (χ4n) is 1.86. The highest BCUT2D eigenvalue weighted by atomic mass is 32.2. The maximum atomic E-state index is 2.24. The molecule has 0 spiro atoms. The molecule has 17 heavy (non-hydrogen) atoms. The summed E-state index contributed by atoms with van der Waals surface area (Å²) in [5, 5.41) is 2.60. The number of benzene rings is 3. The Kier molecular flexibility index (Phi) is 2.85. The van der Waals surface area contributed by atoms with E-state index in [2.05, 4.69) is 66.7 Å². The summed E-state index contributed by atoms with van der Waals surface area (Å²) in [5.41, 5.74) is 0. The lowest BCUT2D eigenvalue weighted by atomic mass is 10.1. The fraction of sp³-hybridized carbons (Fsp3) is 0. The predicted molar refractivity (Wildman–Crippen MR) is 74.5 cm³/mol. The van der Waals surface area contributed by atoms with E-state index in [1.54, 1.807) is 11.8 Å². The topological polar surface area (TPSA) is 0 Å². The Morgan fingerprint density at radius 2 is 1.24 bits per heavy atom. The van der Waals surface area contributed by atoms with Crippen LogP contribution in [0.3, 0.4) is 0 Å². The molecule has 0 saturated heterocycles. The maximum absolute atomic E-state index is 2.24. The standard InChI is InChI=1S/C16H12S/c1-2-8-15(9-3-1)17-16-11-10-13-6-4-5-7-14(13)12-16/h1-12H. The highest BCUT2D eigenvalue weighted by molar-refractivity contribution is 7.99. The predicted octanol–water partition coefficient (Wildman–Crippen LogP) is 4.99. The highest BCUT2D eigenvalue weighted by Crippen LogP contribution is 2.29. The Morgan fingerprint density at radius 1 is 0.529 bits per heavy atom. The van der Waals surface area contributed by atoms with Gasteiger partial charge in [0.2, 0.25) is 0 Å². The molecule has 0 saturated carbocycles. The van der Waals surface area contributed by atoms with Gasteiger partial charge in [-0.25, -0.2) is 0 Å². The molecule has 0 heterocycles. The zero-order valence-corrected chi connectivity index (χ0v) is 10.2. The average molecular weight is 236 g/mol. The van der Waals surface area contributed by atoms with Gasteiger partial charge in [0.05, 0.1) is 0 Å². The van der Waals surface area contributed by atoms with E-state index in [9.17, 15) is 0 Å². The van der Waals surface area contributed by atoms with Crippen LogP contribution in [-0.2, 0) is 0 Å². The molecule has 3 aromatic rings. The van der Waals surface area contributed by atoms with Gasteiger partial charge < -0.3 is 0 Å². The molecular formula is C16H12S. The summed E-state index contributed by atoms with van der Waals surface area (Å²) in [5.74, 6) is 0. The van der Waals surface area contributed by atoms with Crippen LogP contribution in [0.1, 0.15) is 0 Å². The lowest BCUT2D eigenvalue weighted by molar-refractivity contribution is 1.42. The van der Waals surface area contributed by atoms with Crippen LogP contribution in [0.25, 0.3) is 10.8 Å². The van der Waals surface area contributed by atoms with Gasteiger partial charge in [0, 0.05) is 9.79 Å². The molecule has 0 unspecified atom stereocenters. The van der Waals surface area contributed by atoms with Gasteiger partial charge in [-0.2, -0.15) is 0 Å². The van der Waals surface area contributed by atoms with Crippen molar-refractivity contribution in [1.82, 2.24) is 0 Å². The first-order chi connectivity index (χ1) is 8.42. The van der Waals surface area contributed by atoms with Crippen LogP contribution >= 0.6 is 11.8 Å². The van der Waals surface area contributed by atoms with Gasteiger partial charge in [-0.1, -0.05) is 60.3 Å². The Morgan fingerprint density at radius 3 is 2.06 bits per heavy atom. The molecule has 0 aliphatic rings. The monoisotopic (exact) mass is 236 g/mol. The van der Waals surface area contributed by atoms with Crippen LogP contribution in [0.5, 0.6) is 0 Å². The van der Waals surface area contributed by atoms with E-state index in [1.807, 2.05) is 6.07 Å². The van der Waals surface area contributed by atoms with Crippen LogP contribution in [0.15, 0.2) is 82.6 Å². The minimum Gasteiger partial charge on any atom is -0.0901 e. The first-order valence-electron chi connectivity index (χ1n) is 5.63. The summed E-state index contributed by atoms with van der Waals surface area (Å²) in [7, 11) is 0. The SMILES string of the molecule is c1ccc(Sc2ccc3ccccc3c2)cc1. The number of hydrogen-bond acceptors (Lipinski definition) is 1. The summed E-state index contributed by atoms with van der Waals surface area (Å²) in [6, 6.07) is 25.5. The summed E-state index contributed by atoms with van der Waals surface area (Å²) < 4.78 is 0. The van der Waals surface area contributed by atoms with Crippen molar-refractivity contribution in [2.24, 2.45) is 0 Å². The van der Waals surface area contributed by atoms with Crippen LogP contribution in [0, 0.1) is 0 Å². The van der Waals surface area contributed by atoms with E-state index >= 15 is 0 Å². The smallest absolute Gasteiger partial charge is 0.0128 e. The van der Waals surface area contributed by atoms with Gasteiger partial charge in [-0.15, -0.1) is 0 Å². The van der Waals surface area contributed by atoms with Crippen molar-refractivity contribution < 1.29 is 0 Å². The molecule has 0 N–H and O–H groups in total. The maximum Gasteiger partial charge on any atom is 0.0128 e. The highest BCUT2D eigenvalue weighted by Gasteiger charge is 1.98.